The number of hydrogen-bond acceptors (Lipinski definition) is 2. The molecule has 1 heterocycles. The van der Waals surface area contributed by atoms with E-state index in [4.69, 9.17) is 5.73 Å². The Morgan fingerprint density at radius 2 is 2.29 bits per heavy atom. The van der Waals surface area contributed by atoms with Crippen LogP contribution in [0.5, 0.6) is 0 Å². The van der Waals surface area contributed by atoms with E-state index in [1.807, 2.05) is 13.0 Å². The fourth-order valence-electron chi connectivity index (χ4n) is 2.76. The van der Waals surface area contributed by atoms with Crippen LogP contribution in [-0.4, -0.2) is 12.6 Å². The minimum absolute atomic E-state index is 0.126. The number of para-hydroxylation sites is 1. The molecule has 2 N–H and O–H groups in total. The highest BCUT2D eigenvalue weighted by Gasteiger charge is 2.27. The molecule has 17 heavy (non-hydrogen) atoms. The summed E-state index contributed by atoms with van der Waals surface area (Å²) in [5.41, 5.74) is 7.59. The average Bonchev–Trinajstić information content (AvgIpc) is 2.76. The van der Waals surface area contributed by atoms with Crippen molar-refractivity contribution in [3.63, 3.8) is 0 Å². The average molecular weight is 236 g/mol. The van der Waals surface area contributed by atoms with E-state index in [9.17, 15) is 4.39 Å². The van der Waals surface area contributed by atoms with E-state index in [1.165, 1.54) is 6.07 Å². The lowest BCUT2D eigenvalue weighted by Crippen LogP contribution is -2.31. The highest BCUT2D eigenvalue weighted by molar-refractivity contribution is 5.57. The van der Waals surface area contributed by atoms with E-state index >= 15 is 0 Å². The molecule has 1 aromatic carbocycles. The zero-order valence-corrected chi connectivity index (χ0v) is 10.6. The summed E-state index contributed by atoms with van der Waals surface area (Å²) >= 11 is 0. The van der Waals surface area contributed by atoms with Crippen molar-refractivity contribution < 1.29 is 4.39 Å². The van der Waals surface area contributed by atoms with Crippen LogP contribution in [0.15, 0.2) is 18.2 Å². The third kappa shape index (κ3) is 2.29. The van der Waals surface area contributed by atoms with E-state index in [1.54, 1.807) is 6.07 Å². The second kappa shape index (κ2) is 5.05. The van der Waals surface area contributed by atoms with E-state index in [0.717, 1.165) is 37.1 Å². The summed E-state index contributed by atoms with van der Waals surface area (Å²) in [6.07, 6.45) is 3.36. The van der Waals surface area contributed by atoms with Crippen LogP contribution in [0.4, 0.5) is 10.1 Å². The lowest BCUT2D eigenvalue weighted by Gasteiger charge is -2.29. The monoisotopic (exact) mass is 236 g/mol. The molecule has 0 spiro atoms. The van der Waals surface area contributed by atoms with E-state index < -0.39 is 0 Å². The Hall–Kier alpha value is -1.09. The number of hydrogen-bond donors (Lipinski definition) is 1. The predicted octanol–water partition coefficient (Wildman–Crippen LogP) is 3.22. The number of anilines is 1. The van der Waals surface area contributed by atoms with Crippen LogP contribution >= 0.6 is 0 Å². The van der Waals surface area contributed by atoms with Crippen molar-refractivity contribution in [3.8, 4) is 0 Å². The van der Waals surface area contributed by atoms with Crippen LogP contribution in [0.25, 0.3) is 0 Å². The standard InChI is InChI=1S/C14H21FN2/c1-3-11-6-5-9-17(11)14-12(10(2)16)7-4-8-13(14)15/h4,7-8,10-11H,3,5-6,9,16H2,1-2H3/t10-,11?/m1/s1. The number of halogens is 1. The predicted molar refractivity (Wildman–Crippen MR) is 69.7 cm³/mol. The first kappa shape index (κ1) is 12.4. The molecule has 0 aliphatic carbocycles. The smallest absolute Gasteiger partial charge is 0.146 e. The van der Waals surface area contributed by atoms with Gasteiger partial charge in [0.2, 0.25) is 0 Å². The van der Waals surface area contributed by atoms with Crippen LogP contribution in [0, 0.1) is 5.82 Å². The lowest BCUT2D eigenvalue weighted by atomic mass is 10.0. The van der Waals surface area contributed by atoms with Gasteiger partial charge in [-0.3, -0.25) is 0 Å². The van der Waals surface area contributed by atoms with Gasteiger partial charge >= 0.3 is 0 Å². The Kier molecular flexibility index (Phi) is 3.67. The van der Waals surface area contributed by atoms with Crippen LogP contribution < -0.4 is 10.6 Å². The van der Waals surface area contributed by atoms with Gasteiger partial charge in [0.25, 0.3) is 0 Å². The SMILES string of the molecule is CCC1CCCN1c1c(F)cccc1[C@@H](C)N. The molecule has 0 saturated carbocycles. The molecular weight excluding hydrogens is 215 g/mol. The van der Waals surface area contributed by atoms with Gasteiger partial charge in [-0.25, -0.2) is 4.39 Å². The zero-order valence-electron chi connectivity index (χ0n) is 10.6. The molecule has 3 heteroatoms. The maximum absolute atomic E-state index is 14.1. The van der Waals surface area contributed by atoms with Crippen molar-refractivity contribution in [2.75, 3.05) is 11.4 Å². The molecule has 94 valence electrons. The maximum atomic E-state index is 14.1. The molecule has 1 aromatic rings. The Morgan fingerprint density at radius 3 is 2.94 bits per heavy atom. The third-order valence-electron chi connectivity index (χ3n) is 3.64. The Balaban J connectivity index is 2.42. The maximum Gasteiger partial charge on any atom is 0.146 e. The van der Waals surface area contributed by atoms with Gasteiger partial charge in [0.1, 0.15) is 5.82 Å². The molecule has 0 amide bonds. The van der Waals surface area contributed by atoms with E-state index in [-0.39, 0.29) is 11.9 Å². The molecule has 1 unspecified atom stereocenters. The van der Waals surface area contributed by atoms with Gasteiger partial charge in [-0.1, -0.05) is 19.1 Å². The summed E-state index contributed by atoms with van der Waals surface area (Å²) in [6.45, 7) is 5.02. The Bertz CT molecular complexity index is 390. The molecular formula is C14H21FN2. The molecule has 1 saturated heterocycles. The van der Waals surface area contributed by atoms with Crippen molar-refractivity contribution >= 4 is 5.69 Å². The van der Waals surface area contributed by atoms with Gasteiger partial charge in [0.05, 0.1) is 5.69 Å². The number of rotatable bonds is 3. The normalized spacial score (nSPS) is 21.9. The first-order valence-electron chi connectivity index (χ1n) is 6.45. The van der Waals surface area contributed by atoms with Crippen molar-refractivity contribution in [1.82, 2.24) is 0 Å². The molecule has 0 radical (unpaired) electrons. The Labute approximate surface area is 103 Å². The second-order valence-electron chi connectivity index (χ2n) is 4.86. The minimum atomic E-state index is -0.139. The highest BCUT2D eigenvalue weighted by atomic mass is 19.1. The molecule has 0 bridgehead atoms. The van der Waals surface area contributed by atoms with Gasteiger partial charge in [0, 0.05) is 18.6 Å². The van der Waals surface area contributed by atoms with E-state index in [0.29, 0.717) is 6.04 Å². The topological polar surface area (TPSA) is 29.3 Å². The van der Waals surface area contributed by atoms with Crippen LogP contribution in [0.2, 0.25) is 0 Å². The first-order valence-corrected chi connectivity index (χ1v) is 6.45. The van der Waals surface area contributed by atoms with Crippen molar-refractivity contribution in [2.24, 2.45) is 5.73 Å². The van der Waals surface area contributed by atoms with Gasteiger partial charge < -0.3 is 10.6 Å². The first-order chi connectivity index (χ1) is 8.15. The minimum Gasteiger partial charge on any atom is -0.366 e. The molecule has 1 fully saturated rings. The molecule has 1 aliphatic heterocycles. The van der Waals surface area contributed by atoms with Crippen molar-refractivity contribution in [1.29, 1.82) is 0 Å². The second-order valence-corrected chi connectivity index (χ2v) is 4.86. The highest BCUT2D eigenvalue weighted by Crippen LogP contribution is 2.34. The summed E-state index contributed by atoms with van der Waals surface area (Å²) in [4.78, 5) is 2.20. The van der Waals surface area contributed by atoms with Crippen molar-refractivity contribution in [3.05, 3.63) is 29.6 Å². The van der Waals surface area contributed by atoms with Crippen molar-refractivity contribution in [2.45, 2.75) is 45.2 Å². The van der Waals surface area contributed by atoms with Gasteiger partial charge in [-0.2, -0.15) is 0 Å². The molecule has 2 atom stereocenters. The summed E-state index contributed by atoms with van der Waals surface area (Å²) in [5, 5.41) is 0. The summed E-state index contributed by atoms with van der Waals surface area (Å²) < 4.78 is 14.1. The van der Waals surface area contributed by atoms with Gasteiger partial charge in [-0.05, 0) is 37.8 Å². The summed E-state index contributed by atoms with van der Waals surface area (Å²) in [5.74, 6) is -0.139. The third-order valence-corrected chi connectivity index (χ3v) is 3.64. The number of nitrogens with zero attached hydrogens (tertiary/aromatic N) is 1. The largest absolute Gasteiger partial charge is 0.366 e. The van der Waals surface area contributed by atoms with E-state index in [2.05, 4.69) is 11.8 Å². The number of benzene rings is 1. The van der Waals surface area contributed by atoms with Gasteiger partial charge in [-0.15, -0.1) is 0 Å². The van der Waals surface area contributed by atoms with Gasteiger partial charge in [0.15, 0.2) is 0 Å². The Morgan fingerprint density at radius 1 is 1.53 bits per heavy atom. The fraction of sp³-hybridized carbons (Fsp3) is 0.571. The van der Waals surface area contributed by atoms with Crippen LogP contribution in [0.1, 0.15) is 44.7 Å². The zero-order chi connectivity index (χ0) is 12.4. The molecule has 2 rings (SSSR count). The lowest BCUT2D eigenvalue weighted by molar-refractivity contribution is 0.590. The summed E-state index contributed by atoms with van der Waals surface area (Å²) in [7, 11) is 0. The quantitative estimate of drug-likeness (QED) is 0.873. The number of nitrogens with two attached hydrogens (primary N) is 1. The molecule has 2 nitrogen and oxygen atoms in total. The fourth-order valence-corrected chi connectivity index (χ4v) is 2.76. The summed E-state index contributed by atoms with van der Waals surface area (Å²) in [6, 6.07) is 5.55. The van der Waals surface area contributed by atoms with Crippen LogP contribution in [0.3, 0.4) is 0 Å². The molecule has 0 aromatic heterocycles. The van der Waals surface area contributed by atoms with Crippen LogP contribution in [-0.2, 0) is 0 Å². The molecule has 1 aliphatic rings.